The van der Waals surface area contributed by atoms with Crippen molar-refractivity contribution < 1.29 is 4.74 Å². The van der Waals surface area contributed by atoms with E-state index < -0.39 is 0 Å². The molecule has 1 aliphatic rings. The van der Waals surface area contributed by atoms with Gasteiger partial charge in [-0.15, -0.1) is 0 Å². The number of rotatable bonds is 5. The topological polar surface area (TPSA) is 54.4 Å². The number of ether oxygens (including phenoxy) is 1. The second-order valence-corrected chi connectivity index (χ2v) is 7.64. The van der Waals surface area contributed by atoms with Crippen LogP contribution in [-0.2, 0) is 0 Å². The Labute approximate surface area is 177 Å². The average Bonchev–Trinajstić information content (AvgIpc) is 2.78. The molecule has 0 N–H and O–H groups in total. The standard InChI is InChI=1S/C24H27N5O/c1-28(2)22-11-5-4-9-19(22)12-13-21-24(27-20-10-8-14-25-23(20)26-21)30-18-17-29-15-6-3-7-16-29/h4-5,8-11,14H,3,6-7,15-18H2,1-2H3. The van der Waals surface area contributed by atoms with Gasteiger partial charge in [0.1, 0.15) is 12.1 Å². The molecule has 0 aliphatic carbocycles. The van der Waals surface area contributed by atoms with E-state index >= 15 is 0 Å². The molecule has 0 atom stereocenters. The second-order valence-electron chi connectivity index (χ2n) is 7.64. The molecule has 1 saturated heterocycles. The number of likely N-dealkylation sites (tertiary alicyclic amines) is 1. The number of fused-ring (bicyclic) bond motifs is 1. The van der Waals surface area contributed by atoms with Gasteiger partial charge in [-0.2, -0.15) is 0 Å². The number of pyridine rings is 1. The zero-order valence-electron chi connectivity index (χ0n) is 17.6. The highest BCUT2D eigenvalue weighted by Crippen LogP contribution is 2.19. The van der Waals surface area contributed by atoms with Crippen molar-refractivity contribution in [2.45, 2.75) is 19.3 Å². The Morgan fingerprint density at radius 3 is 2.67 bits per heavy atom. The lowest BCUT2D eigenvalue weighted by atomic mass is 10.1. The zero-order valence-corrected chi connectivity index (χ0v) is 17.6. The zero-order chi connectivity index (χ0) is 20.8. The van der Waals surface area contributed by atoms with Crippen LogP contribution in [0.5, 0.6) is 5.88 Å². The molecule has 4 rings (SSSR count). The molecule has 0 saturated carbocycles. The normalized spacial score (nSPS) is 14.2. The summed E-state index contributed by atoms with van der Waals surface area (Å²) in [4.78, 5) is 18.1. The summed E-state index contributed by atoms with van der Waals surface area (Å²) in [6.45, 7) is 3.75. The van der Waals surface area contributed by atoms with E-state index in [-0.39, 0.29) is 0 Å². The maximum absolute atomic E-state index is 6.06. The maximum Gasteiger partial charge on any atom is 0.249 e. The number of piperidine rings is 1. The van der Waals surface area contributed by atoms with Crippen molar-refractivity contribution in [1.82, 2.24) is 19.9 Å². The molecule has 1 aromatic carbocycles. The van der Waals surface area contributed by atoms with E-state index in [4.69, 9.17) is 4.74 Å². The van der Waals surface area contributed by atoms with Crippen LogP contribution >= 0.6 is 0 Å². The molecular formula is C24H27N5O. The number of aromatic nitrogens is 3. The molecule has 1 fully saturated rings. The SMILES string of the molecule is CN(C)c1ccccc1C#Cc1nc2ncccc2nc1OCCN1CCCCC1. The Morgan fingerprint density at radius 2 is 1.83 bits per heavy atom. The summed E-state index contributed by atoms with van der Waals surface area (Å²) in [6, 6.07) is 11.8. The number of anilines is 1. The van der Waals surface area contributed by atoms with E-state index in [9.17, 15) is 0 Å². The fourth-order valence-electron chi connectivity index (χ4n) is 3.61. The number of hydrogen-bond donors (Lipinski definition) is 0. The lowest BCUT2D eigenvalue weighted by Gasteiger charge is -2.26. The minimum absolute atomic E-state index is 0.474. The van der Waals surface area contributed by atoms with Gasteiger partial charge in [-0.1, -0.05) is 24.5 Å². The van der Waals surface area contributed by atoms with Crippen LogP contribution in [0.15, 0.2) is 42.6 Å². The van der Waals surface area contributed by atoms with Crippen molar-refractivity contribution in [2.24, 2.45) is 0 Å². The van der Waals surface area contributed by atoms with Crippen molar-refractivity contribution in [3.8, 4) is 17.7 Å². The van der Waals surface area contributed by atoms with Gasteiger partial charge in [0, 0.05) is 32.4 Å². The lowest BCUT2D eigenvalue weighted by Crippen LogP contribution is -2.33. The van der Waals surface area contributed by atoms with Gasteiger partial charge in [0.2, 0.25) is 5.88 Å². The van der Waals surface area contributed by atoms with Gasteiger partial charge in [0.05, 0.1) is 5.69 Å². The summed E-state index contributed by atoms with van der Waals surface area (Å²) in [5.41, 5.74) is 3.80. The van der Waals surface area contributed by atoms with Crippen LogP contribution in [0.1, 0.15) is 30.5 Å². The highest BCUT2D eigenvalue weighted by atomic mass is 16.5. The first-order valence-corrected chi connectivity index (χ1v) is 10.5. The van der Waals surface area contributed by atoms with Gasteiger partial charge in [-0.05, 0) is 56.1 Å². The van der Waals surface area contributed by atoms with E-state index in [1.54, 1.807) is 6.20 Å². The maximum atomic E-state index is 6.06. The third kappa shape index (κ3) is 4.87. The van der Waals surface area contributed by atoms with Crippen LogP contribution in [0, 0.1) is 11.8 Å². The molecule has 6 nitrogen and oxygen atoms in total. The molecule has 0 spiro atoms. The Bertz CT molecular complexity index is 1060. The Kier molecular flexibility index (Phi) is 6.41. The van der Waals surface area contributed by atoms with Crippen molar-refractivity contribution in [1.29, 1.82) is 0 Å². The second kappa shape index (κ2) is 9.55. The fourth-order valence-corrected chi connectivity index (χ4v) is 3.61. The predicted octanol–water partition coefficient (Wildman–Crippen LogP) is 3.36. The molecule has 6 heteroatoms. The monoisotopic (exact) mass is 401 g/mol. The van der Waals surface area contributed by atoms with Crippen molar-refractivity contribution in [3.63, 3.8) is 0 Å². The van der Waals surface area contributed by atoms with Crippen LogP contribution in [0.3, 0.4) is 0 Å². The van der Waals surface area contributed by atoms with Gasteiger partial charge in [0.25, 0.3) is 0 Å². The lowest BCUT2D eigenvalue weighted by molar-refractivity contribution is 0.180. The van der Waals surface area contributed by atoms with Gasteiger partial charge in [0.15, 0.2) is 11.3 Å². The van der Waals surface area contributed by atoms with Crippen molar-refractivity contribution in [3.05, 3.63) is 53.9 Å². The van der Waals surface area contributed by atoms with Gasteiger partial charge in [-0.25, -0.2) is 15.0 Å². The third-order valence-corrected chi connectivity index (χ3v) is 5.20. The van der Waals surface area contributed by atoms with Crippen LogP contribution < -0.4 is 9.64 Å². The predicted molar refractivity (Wildman–Crippen MR) is 120 cm³/mol. The van der Waals surface area contributed by atoms with Crippen LogP contribution in [0.25, 0.3) is 11.2 Å². The summed E-state index contributed by atoms with van der Waals surface area (Å²) in [5.74, 6) is 6.89. The van der Waals surface area contributed by atoms with E-state index in [0.717, 1.165) is 30.9 Å². The highest BCUT2D eigenvalue weighted by Gasteiger charge is 2.13. The molecular weight excluding hydrogens is 374 g/mol. The van der Waals surface area contributed by atoms with E-state index in [2.05, 4.69) is 31.7 Å². The summed E-state index contributed by atoms with van der Waals surface area (Å²) in [5, 5.41) is 0. The molecule has 3 heterocycles. The first-order chi connectivity index (χ1) is 14.7. The third-order valence-electron chi connectivity index (χ3n) is 5.20. The Hall–Kier alpha value is -3.17. The number of hydrogen-bond acceptors (Lipinski definition) is 6. The largest absolute Gasteiger partial charge is 0.474 e. The van der Waals surface area contributed by atoms with E-state index in [1.807, 2.05) is 55.4 Å². The number of benzene rings is 1. The fraction of sp³-hybridized carbons (Fsp3) is 0.375. The quantitative estimate of drug-likeness (QED) is 0.611. The first-order valence-electron chi connectivity index (χ1n) is 10.5. The van der Waals surface area contributed by atoms with Crippen LogP contribution in [0.2, 0.25) is 0 Å². The van der Waals surface area contributed by atoms with Gasteiger partial charge >= 0.3 is 0 Å². The smallest absolute Gasteiger partial charge is 0.249 e. The minimum atomic E-state index is 0.474. The van der Waals surface area contributed by atoms with Crippen LogP contribution in [0.4, 0.5) is 5.69 Å². The summed E-state index contributed by atoms with van der Waals surface area (Å²) in [7, 11) is 4.02. The van der Waals surface area contributed by atoms with E-state index in [1.165, 1.54) is 19.3 Å². The van der Waals surface area contributed by atoms with Gasteiger partial charge < -0.3 is 9.64 Å². The number of para-hydroxylation sites is 1. The van der Waals surface area contributed by atoms with E-state index in [0.29, 0.717) is 29.3 Å². The molecule has 0 amide bonds. The molecule has 154 valence electrons. The van der Waals surface area contributed by atoms with Crippen molar-refractivity contribution in [2.75, 3.05) is 45.2 Å². The highest BCUT2D eigenvalue weighted by molar-refractivity contribution is 5.71. The molecule has 2 aromatic heterocycles. The first kappa shape index (κ1) is 20.1. The average molecular weight is 402 g/mol. The Morgan fingerprint density at radius 1 is 1.00 bits per heavy atom. The molecule has 0 radical (unpaired) electrons. The summed E-state index contributed by atoms with van der Waals surface area (Å²) in [6.07, 6.45) is 5.58. The Balaban J connectivity index is 1.61. The molecule has 0 bridgehead atoms. The van der Waals surface area contributed by atoms with Gasteiger partial charge in [-0.3, -0.25) is 4.90 Å². The molecule has 3 aromatic rings. The van der Waals surface area contributed by atoms with Crippen LogP contribution in [-0.4, -0.2) is 60.2 Å². The summed E-state index contributed by atoms with van der Waals surface area (Å²) < 4.78 is 6.06. The summed E-state index contributed by atoms with van der Waals surface area (Å²) >= 11 is 0. The molecule has 0 unspecified atom stereocenters. The molecule has 1 aliphatic heterocycles. The van der Waals surface area contributed by atoms with Crippen molar-refractivity contribution >= 4 is 16.9 Å². The molecule has 30 heavy (non-hydrogen) atoms. The minimum Gasteiger partial charge on any atom is -0.474 e. The number of nitrogens with zero attached hydrogens (tertiary/aromatic N) is 5.